The molecule has 0 N–H and O–H groups in total. The number of nitrogens with zero attached hydrogens (tertiary/aromatic N) is 1. The zero-order chi connectivity index (χ0) is 10.6. The highest BCUT2D eigenvalue weighted by molar-refractivity contribution is 6.43. The number of carbonyl (C=O) groups excluding carboxylic acids is 2. The van der Waals surface area contributed by atoms with Crippen LogP contribution in [0.1, 0.15) is 16.8 Å². The van der Waals surface area contributed by atoms with Crippen LogP contribution in [0.3, 0.4) is 0 Å². The van der Waals surface area contributed by atoms with E-state index in [4.69, 9.17) is 5.26 Å². The van der Waals surface area contributed by atoms with Crippen molar-refractivity contribution >= 4 is 11.6 Å². The van der Waals surface area contributed by atoms with E-state index in [1.807, 2.05) is 0 Å². The topological polar surface area (TPSA) is 88.1 Å². The lowest BCUT2D eigenvalue weighted by molar-refractivity contribution is -0.114. The van der Waals surface area contributed by atoms with Crippen molar-refractivity contribution in [2.24, 2.45) is 0 Å². The minimum atomic E-state index is -0.824. The summed E-state index contributed by atoms with van der Waals surface area (Å²) >= 11 is 0. The van der Waals surface area contributed by atoms with E-state index in [1.54, 1.807) is 6.07 Å². The molecule has 0 aliphatic carbocycles. The van der Waals surface area contributed by atoms with Crippen LogP contribution in [0.25, 0.3) is 0 Å². The van der Waals surface area contributed by atoms with Gasteiger partial charge in [0.25, 0.3) is 0 Å². The molecule has 0 saturated heterocycles. The van der Waals surface area contributed by atoms with E-state index in [2.05, 4.69) is 4.42 Å². The van der Waals surface area contributed by atoms with Crippen molar-refractivity contribution in [2.75, 3.05) is 0 Å². The molecule has 0 unspecified atom stereocenters. The van der Waals surface area contributed by atoms with Crippen LogP contribution in [0.2, 0.25) is 0 Å². The van der Waals surface area contributed by atoms with E-state index in [0.29, 0.717) is 0 Å². The van der Waals surface area contributed by atoms with E-state index in [9.17, 15) is 14.4 Å². The summed E-state index contributed by atoms with van der Waals surface area (Å²) in [6.45, 7) is 0. The van der Waals surface area contributed by atoms with E-state index in [-0.39, 0.29) is 5.56 Å². The van der Waals surface area contributed by atoms with Gasteiger partial charge in [-0.1, -0.05) is 0 Å². The molecule has 1 rings (SSSR count). The lowest BCUT2D eigenvalue weighted by atomic mass is 10.1. The Hall–Kier alpha value is -2.22. The minimum Gasteiger partial charge on any atom is -0.431 e. The molecule has 5 nitrogen and oxygen atoms in total. The van der Waals surface area contributed by atoms with Gasteiger partial charge in [0, 0.05) is 6.07 Å². The van der Waals surface area contributed by atoms with Gasteiger partial charge in [-0.05, 0) is 6.07 Å². The maximum atomic E-state index is 11.2. The summed E-state index contributed by atoms with van der Waals surface area (Å²) in [6.07, 6.45) is 0.428. The van der Waals surface area contributed by atoms with Crippen molar-refractivity contribution in [1.82, 2.24) is 0 Å². The van der Waals surface area contributed by atoms with E-state index >= 15 is 0 Å². The fourth-order valence-corrected chi connectivity index (χ4v) is 0.800. The van der Waals surface area contributed by atoms with Crippen molar-refractivity contribution in [1.29, 1.82) is 5.26 Å². The molecular formula is C9H5NO4. The Morgan fingerprint density at radius 2 is 2.14 bits per heavy atom. The fraction of sp³-hybridized carbons (Fsp3) is 0.111. The lowest BCUT2D eigenvalue weighted by Crippen LogP contribution is -2.14. The molecule has 1 aromatic rings. The van der Waals surface area contributed by atoms with Crippen molar-refractivity contribution in [2.45, 2.75) is 6.42 Å². The monoisotopic (exact) mass is 191 g/mol. The van der Waals surface area contributed by atoms with Gasteiger partial charge in [-0.2, -0.15) is 5.26 Å². The molecule has 0 aliphatic heterocycles. The van der Waals surface area contributed by atoms with Crippen LogP contribution in [0.5, 0.6) is 0 Å². The third-order valence-electron chi connectivity index (χ3n) is 1.46. The maximum Gasteiger partial charge on any atom is 0.335 e. The third kappa shape index (κ3) is 2.14. The first-order chi connectivity index (χ1) is 6.65. The lowest BCUT2D eigenvalue weighted by Gasteiger charge is -1.93. The number of nitriles is 1. The molecule has 0 aromatic carbocycles. The van der Waals surface area contributed by atoms with Crippen LogP contribution in [-0.4, -0.2) is 11.6 Å². The highest BCUT2D eigenvalue weighted by Gasteiger charge is 2.15. The summed E-state index contributed by atoms with van der Waals surface area (Å²) in [5.74, 6) is -1.64. The van der Waals surface area contributed by atoms with Gasteiger partial charge in [0.15, 0.2) is 0 Å². The molecule has 0 saturated carbocycles. The van der Waals surface area contributed by atoms with Crippen molar-refractivity contribution in [3.8, 4) is 6.07 Å². The molecule has 0 amide bonds. The van der Waals surface area contributed by atoms with Gasteiger partial charge in [0.2, 0.25) is 11.6 Å². The SMILES string of the molecule is N#CCC(=O)C(=O)c1ccc(=O)oc1. The second kappa shape index (κ2) is 4.14. The van der Waals surface area contributed by atoms with Gasteiger partial charge in [0.1, 0.15) is 12.7 Å². The molecule has 0 spiro atoms. The summed E-state index contributed by atoms with van der Waals surface area (Å²) in [5.41, 5.74) is -0.626. The quantitative estimate of drug-likeness (QED) is 0.506. The Balaban J connectivity index is 2.91. The predicted molar refractivity (Wildman–Crippen MR) is 44.5 cm³/mol. The second-order valence-electron chi connectivity index (χ2n) is 2.43. The molecule has 0 fully saturated rings. The largest absolute Gasteiger partial charge is 0.431 e. The molecule has 0 aliphatic rings. The Morgan fingerprint density at radius 3 is 2.64 bits per heavy atom. The van der Waals surface area contributed by atoms with Crippen LogP contribution in [0.15, 0.2) is 27.6 Å². The normalized spacial score (nSPS) is 9.07. The highest BCUT2D eigenvalue weighted by Crippen LogP contribution is 1.99. The van der Waals surface area contributed by atoms with Crippen molar-refractivity contribution in [3.63, 3.8) is 0 Å². The number of Topliss-reactive ketones (excluding diaryl/α,β-unsaturated/α-hetero) is 2. The molecule has 5 heteroatoms. The molecule has 14 heavy (non-hydrogen) atoms. The summed E-state index contributed by atoms with van der Waals surface area (Å²) in [7, 11) is 0. The van der Waals surface area contributed by atoms with Crippen molar-refractivity contribution in [3.05, 3.63) is 34.4 Å². The second-order valence-corrected chi connectivity index (χ2v) is 2.43. The molecule has 70 valence electrons. The van der Waals surface area contributed by atoms with Crippen LogP contribution < -0.4 is 5.63 Å². The molecule has 0 radical (unpaired) electrons. The van der Waals surface area contributed by atoms with Gasteiger partial charge in [-0.3, -0.25) is 9.59 Å². The number of rotatable bonds is 3. The summed E-state index contributed by atoms with van der Waals surface area (Å²) < 4.78 is 4.40. The Labute approximate surface area is 78.6 Å². The smallest absolute Gasteiger partial charge is 0.335 e. The van der Waals surface area contributed by atoms with E-state index in [0.717, 1.165) is 12.3 Å². The van der Waals surface area contributed by atoms with Crippen molar-refractivity contribution < 1.29 is 14.0 Å². The third-order valence-corrected chi connectivity index (χ3v) is 1.46. The zero-order valence-corrected chi connectivity index (χ0v) is 7.02. The van der Waals surface area contributed by atoms with Gasteiger partial charge in [0.05, 0.1) is 11.6 Å². The first-order valence-corrected chi connectivity index (χ1v) is 3.68. The Bertz CT molecular complexity index is 446. The molecule has 0 bridgehead atoms. The first kappa shape index (κ1) is 9.86. The molecule has 1 aromatic heterocycles. The minimum absolute atomic E-state index is 0.0233. The van der Waals surface area contributed by atoms with Gasteiger partial charge in [-0.25, -0.2) is 4.79 Å². The summed E-state index contributed by atoms with van der Waals surface area (Å²) in [4.78, 5) is 32.6. The van der Waals surface area contributed by atoms with Crippen LogP contribution in [0.4, 0.5) is 0 Å². The number of hydrogen-bond acceptors (Lipinski definition) is 5. The average molecular weight is 191 g/mol. The van der Waals surface area contributed by atoms with Gasteiger partial charge >= 0.3 is 5.63 Å². The maximum absolute atomic E-state index is 11.2. The number of ketones is 2. The van der Waals surface area contributed by atoms with Gasteiger partial charge < -0.3 is 4.42 Å². The fourth-order valence-electron chi connectivity index (χ4n) is 0.800. The Kier molecular flexibility index (Phi) is 2.92. The predicted octanol–water partition coefficient (Wildman–Crippen LogP) is 0.305. The summed E-state index contributed by atoms with van der Waals surface area (Å²) in [6, 6.07) is 3.79. The van der Waals surface area contributed by atoms with Gasteiger partial charge in [-0.15, -0.1) is 0 Å². The number of hydrogen-bond donors (Lipinski definition) is 0. The molecule has 0 atom stereocenters. The van der Waals surface area contributed by atoms with E-state index < -0.39 is 23.6 Å². The van der Waals surface area contributed by atoms with Crippen LogP contribution in [0, 0.1) is 11.3 Å². The first-order valence-electron chi connectivity index (χ1n) is 3.68. The zero-order valence-electron chi connectivity index (χ0n) is 7.02. The van der Waals surface area contributed by atoms with Crippen LogP contribution in [-0.2, 0) is 4.79 Å². The highest BCUT2D eigenvalue weighted by atomic mass is 16.4. The summed E-state index contributed by atoms with van der Waals surface area (Å²) in [5, 5.41) is 8.18. The number of carbonyl (C=O) groups is 2. The molecule has 1 heterocycles. The standard InChI is InChI=1S/C9H5NO4/c10-4-3-7(11)9(13)6-1-2-8(12)14-5-6/h1-2,5H,3H2. The van der Waals surface area contributed by atoms with E-state index in [1.165, 1.54) is 6.07 Å². The molecular weight excluding hydrogens is 186 g/mol. The van der Waals surface area contributed by atoms with Crippen LogP contribution >= 0.6 is 0 Å². The average Bonchev–Trinajstić information content (AvgIpc) is 2.18. The Morgan fingerprint density at radius 1 is 1.43 bits per heavy atom.